The molecule has 2 heterocycles. The maximum absolute atomic E-state index is 13.7. The zero-order valence-corrected chi connectivity index (χ0v) is 11.8. The van der Waals surface area contributed by atoms with Gasteiger partial charge < -0.3 is 0 Å². The highest BCUT2D eigenvalue weighted by molar-refractivity contribution is 7.86. The summed E-state index contributed by atoms with van der Waals surface area (Å²) in [6.07, 6.45) is 3.88. The number of rotatable bonds is 2. The Kier molecular flexibility index (Phi) is 3.71. The van der Waals surface area contributed by atoms with E-state index >= 15 is 0 Å². The van der Waals surface area contributed by atoms with Crippen LogP contribution in [0.1, 0.15) is 42.5 Å². The van der Waals surface area contributed by atoms with Gasteiger partial charge in [0.05, 0.1) is 5.56 Å². The van der Waals surface area contributed by atoms with Crippen molar-refractivity contribution in [3.05, 3.63) is 35.4 Å². The third kappa shape index (κ3) is 2.32. The van der Waals surface area contributed by atoms with E-state index in [1.165, 1.54) is 12.1 Å². The zero-order chi connectivity index (χ0) is 14.3. The number of benzene rings is 1. The Labute approximate surface area is 119 Å². The van der Waals surface area contributed by atoms with Crippen LogP contribution in [0.15, 0.2) is 18.2 Å². The number of fused-ring (bicyclic) bond motifs is 2. The molecule has 0 aliphatic carbocycles. The average Bonchev–Trinajstić information content (AvgIpc) is 2.41. The molecule has 2 aliphatic rings. The lowest BCUT2D eigenvalue weighted by molar-refractivity contribution is 0.0890. The van der Waals surface area contributed by atoms with E-state index in [2.05, 4.69) is 0 Å². The smallest absolute Gasteiger partial charge is 0.169 e. The first kappa shape index (κ1) is 13.9. The minimum Gasteiger partial charge on any atom is -0.294 e. The van der Waals surface area contributed by atoms with Crippen LogP contribution in [0.25, 0.3) is 0 Å². The molecule has 0 spiro atoms. The fourth-order valence-electron chi connectivity index (χ4n) is 3.36. The summed E-state index contributed by atoms with van der Waals surface area (Å²) in [5.41, 5.74) is -0.166. The van der Waals surface area contributed by atoms with Gasteiger partial charge in [0.15, 0.2) is 17.4 Å². The van der Waals surface area contributed by atoms with Crippen molar-refractivity contribution in [2.75, 3.05) is 0 Å². The molecule has 0 radical (unpaired) electrons. The minimum atomic E-state index is -1.06. The van der Waals surface area contributed by atoms with E-state index < -0.39 is 22.4 Å². The molecule has 0 N–H and O–H groups in total. The van der Waals surface area contributed by atoms with Gasteiger partial charge in [-0.25, -0.2) is 8.78 Å². The van der Waals surface area contributed by atoms with Gasteiger partial charge in [0.2, 0.25) is 0 Å². The Morgan fingerprint density at radius 3 is 2.45 bits per heavy atom. The lowest BCUT2D eigenvalue weighted by Crippen LogP contribution is -2.41. The van der Waals surface area contributed by atoms with E-state index in [1.54, 1.807) is 0 Å². The molecule has 2 atom stereocenters. The van der Waals surface area contributed by atoms with Gasteiger partial charge in [-0.2, -0.15) is 0 Å². The fourth-order valence-corrected chi connectivity index (χ4v) is 5.55. The summed E-state index contributed by atoms with van der Waals surface area (Å²) < 4.78 is 39.0. The molecular weight excluding hydrogens is 282 g/mol. The van der Waals surface area contributed by atoms with Crippen LogP contribution in [0.3, 0.4) is 0 Å². The summed E-state index contributed by atoms with van der Waals surface area (Å²) in [6, 6.07) is 3.70. The summed E-state index contributed by atoms with van der Waals surface area (Å²) in [5, 5.41) is 0.0983. The summed E-state index contributed by atoms with van der Waals surface area (Å²) in [7, 11) is -0.859. The normalized spacial score (nSPS) is 32.9. The molecule has 0 saturated carbocycles. The third-order valence-corrected chi connectivity index (χ3v) is 6.56. The second kappa shape index (κ2) is 5.35. The van der Waals surface area contributed by atoms with Crippen molar-refractivity contribution in [3.8, 4) is 0 Å². The van der Waals surface area contributed by atoms with Crippen LogP contribution in [0, 0.1) is 17.6 Å². The Balaban J connectivity index is 1.85. The fraction of sp³-hybridized carbons (Fsp3) is 0.533. The van der Waals surface area contributed by atoms with Crippen LogP contribution in [0.5, 0.6) is 0 Å². The molecule has 0 amide bonds. The van der Waals surface area contributed by atoms with Crippen LogP contribution in [0.2, 0.25) is 0 Å². The highest BCUT2D eigenvalue weighted by Crippen LogP contribution is 2.38. The van der Waals surface area contributed by atoms with Gasteiger partial charge in [-0.15, -0.1) is 0 Å². The minimum absolute atomic E-state index is 0.0491. The number of hydrogen-bond acceptors (Lipinski definition) is 2. The number of carbonyl (C=O) groups is 1. The molecule has 2 aliphatic heterocycles. The molecule has 108 valence electrons. The Morgan fingerprint density at radius 2 is 1.80 bits per heavy atom. The monoisotopic (exact) mass is 298 g/mol. The van der Waals surface area contributed by atoms with E-state index in [4.69, 9.17) is 0 Å². The lowest BCUT2D eigenvalue weighted by atomic mass is 9.84. The predicted octanol–water partition coefficient (Wildman–Crippen LogP) is 3.23. The van der Waals surface area contributed by atoms with Crippen LogP contribution in [0.4, 0.5) is 8.78 Å². The maximum atomic E-state index is 13.7. The van der Waals surface area contributed by atoms with Crippen molar-refractivity contribution >= 4 is 16.6 Å². The molecule has 5 heteroatoms. The largest absolute Gasteiger partial charge is 0.294 e. The van der Waals surface area contributed by atoms with Crippen LogP contribution in [-0.4, -0.2) is 20.5 Å². The number of carbonyl (C=O) groups excluding carboxylic acids is 1. The van der Waals surface area contributed by atoms with Crippen LogP contribution < -0.4 is 0 Å². The molecule has 0 aromatic heterocycles. The quantitative estimate of drug-likeness (QED) is 0.786. The van der Waals surface area contributed by atoms with Gasteiger partial charge in [-0.1, -0.05) is 12.5 Å². The van der Waals surface area contributed by atoms with Gasteiger partial charge in [-0.3, -0.25) is 9.00 Å². The standard InChI is InChI=1S/C15H16F2O2S/c16-13-6-2-5-12(14(13)17)15(18)9-7-10-3-1-4-11(8-9)20(10)19/h2,5-6,9-11H,1,3-4,7-8H2. The Bertz CT molecular complexity index is 557. The highest BCUT2D eigenvalue weighted by atomic mass is 32.2. The molecule has 2 nitrogen and oxygen atoms in total. The SMILES string of the molecule is O=C(c1cccc(F)c1F)C1CC2CCCC(C1)S2=O. The first-order valence-electron chi connectivity index (χ1n) is 6.95. The first-order valence-corrected chi connectivity index (χ1v) is 8.23. The van der Waals surface area contributed by atoms with E-state index in [0.717, 1.165) is 25.3 Å². The van der Waals surface area contributed by atoms with Crippen molar-refractivity contribution in [2.45, 2.75) is 42.6 Å². The summed E-state index contributed by atoms with van der Waals surface area (Å²) in [5.74, 6) is -2.71. The zero-order valence-electron chi connectivity index (χ0n) is 11.0. The van der Waals surface area contributed by atoms with Crippen molar-refractivity contribution < 1.29 is 17.8 Å². The molecule has 2 unspecified atom stereocenters. The number of Topliss-reactive ketones (excluding diaryl/α,β-unsaturated/α-hetero) is 1. The second-order valence-corrected chi connectivity index (χ2v) is 7.63. The molecule has 2 saturated heterocycles. The predicted molar refractivity (Wildman–Crippen MR) is 73.0 cm³/mol. The van der Waals surface area contributed by atoms with Crippen molar-refractivity contribution in [3.63, 3.8) is 0 Å². The van der Waals surface area contributed by atoms with E-state index in [0.29, 0.717) is 12.8 Å². The van der Waals surface area contributed by atoms with E-state index in [-0.39, 0.29) is 27.8 Å². The van der Waals surface area contributed by atoms with E-state index in [9.17, 15) is 17.8 Å². The molecular formula is C15H16F2O2S. The molecule has 3 rings (SSSR count). The topological polar surface area (TPSA) is 34.1 Å². The van der Waals surface area contributed by atoms with Crippen molar-refractivity contribution in [1.29, 1.82) is 0 Å². The summed E-state index contributed by atoms with van der Waals surface area (Å²) >= 11 is 0. The van der Waals surface area contributed by atoms with Crippen LogP contribution in [-0.2, 0) is 10.8 Å². The van der Waals surface area contributed by atoms with Gasteiger partial charge in [0.25, 0.3) is 0 Å². The summed E-state index contributed by atoms with van der Waals surface area (Å²) in [6.45, 7) is 0. The number of halogens is 2. The number of ketones is 1. The van der Waals surface area contributed by atoms with Gasteiger partial charge in [0, 0.05) is 27.2 Å². The van der Waals surface area contributed by atoms with Gasteiger partial charge >= 0.3 is 0 Å². The Hall–Kier alpha value is -1.10. The third-order valence-electron chi connectivity index (χ3n) is 4.39. The van der Waals surface area contributed by atoms with Gasteiger partial charge in [-0.05, 0) is 37.8 Å². The van der Waals surface area contributed by atoms with E-state index in [1.807, 2.05) is 0 Å². The maximum Gasteiger partial charge on any atom is 0.169 e. The number of hydrogen-bond donors (Lipinski definition) is 0. The van der Waals surface area contributed by atoms with Crippen LogP contribution >= 0.6 is 0 Å². The summed E-state index contributed by atoms with van der Waals surface area (Å²) in [4.78, 5) is 12.4. The molecule has 1 aromatic carbocycles. The molecule has 2 fully saturated rings. The van der Waals surface area contributed by atoms with Crippen molar-refractivity contribution in [1.82, 2.24) is 0 Å². The molecule has 1 aromatic rings. The van der Waals surface area contributed by atoms with Gasteiger partial charge in [0.1, 0.15) is 0 Å². The lowest BCUT2D eigenvalue weighted by Gasteiger charge is -2.37. The molecule has 2 bridgehead atoms. The highest BCUT2D eigenvalue weighted by Gasteiger charge is 2.41. The second-order valence-electron chi connectivity index (χ2n) is 5.64. The Morgan fingerprint density at radius 1 is 1.15 bits per heavy atom. The van der Waals surface area contributed by atoms with Crippen molar-refractivity contribution in [2.24, 2.45) is 5.92 Å². The first-order chi connectivity index (χ1) is 9.58. The molecule has 20 heavy (non-hydrogen) atoms. The average molecular weight is 298 g/mol.